The van der Waals surface area contributed by atoms with Gasteiger partial charge in [0, 0.05) is 11.1 Å². The summed E-state index contributed by atoms with van der Waals surface area (Å²) in [6, 6.07) is 18.4. The largest absolute Gasteiger partial charge is 0.490 e. The number of carbonyl (C=O) groups is 2. The number of nitrogens with one attached hydrogen (secondary N) is 2. The van der Waals surface area contributed by atoms with E-state index in [0.717, 1.165) is 22.3 Å². The van der Waals surface area contributed by atoms with Crippen LogP contribution in [0.15, 0.2) is 78.4 Å². The van der Waals surface area contributed by atoms with Crippen molar-refractivity contribution in [3.63, 3.8) is 0 Å². The molecule has 0 aromatic heterocycles. The number of hydrogen-bond donors (Lipinski definition) is 2. The van der Waals surface area contributed by atoms with Gasteiger partial charge in [-0.15, -0.1) is 6.58 Å². The van der Waals surface area contributed by atoms with Gasteiger partial charge in [0.25, 0.3) is 11.8 Å². The highest BCUT2D eigenvalue weighted by Crippen LogP contribution is 2.34. The fourth-order valence-electron chi connectivity index (χ4n) is 4.04. The lowest BCUT2D eigenvalue weighted by atomic mass is 10.0. The fourth-order valence-corrected chi connectivity index (χ4v) is 4.04. The van der Waals surface area contributed by atoms with E-state index in [1.54, 1.807) is 24.4 Å². The predicted octanol–water partition coefficient (Wildman–Crippen LogP) is 5.91. The second-order valence-corrected chi connectivity index (χ2v) is 10.0. The van der Waals surface area contributed by atoms with Crippen LogP contribution in [0.4, 0.5) is 0 Å². The number of allylic oxidation sites excluding steroid dienone is 1. The first-order valence-corrected chi connectivity index (χ1v) is 13.5. The molecule has 7 heteroatoms. The van der Waals surface area contributed by atoms with Gasteiger partial charge >= 0.3 is 0 Å². The minimum absolute atomic E-state index is 0.140. The molecule has 0 saturated heterocycles. The van der Waals surface area contributed by atoms with Crippen molar-refractivity contribution in [1.29, 1.82) is 0 Å². The molecule has 0 radical (unpaired) electrons. The molecule has 0 aliphatic carbocycles. The van der Waals surface area contributed by atoms with Crippen LogP contribution in [0.3, 0.4) is 0 Å². The monoisotopic (exact) mass is 541 g/mol. The van der Waals surface area contributed by atoms with Crippen LogP contribution in [-0.2, 0) is 17.8 Å². The van der Waals surface area contributed by atoms with E-state index in [4.69, 9.17) is 9.47 Å². The van der Waals surface area contributed by atoms with Crippen molar-refractivity contribution in [2.24, 2.45) is 11.0 Å². The zero-order chi connectivity index (χ0) is 29.1. The maximum absolute atomic E-state index is 12.9. The Kier molecular flexibility index (Phi) is 11.1. The van der Waals surface area contributed by atoms with Gasteiger partial charge < -0.3 is 14.8 Å². The first kappa shape index (κ1) is 30.2. The van der Waals surface area contributed by atoms with Crippen molar-refractivity contribution >= 4 is 18.0 Å². The standard InChI is InChI=1S/C33H39N3O4/c1-7-9-28-18-26(19-29(39-8-2)31(28)40-21-25-14-10-23(5)11-15-25)20-34-36-33(38)30(22(3)4)35-32(37)27-16-12-24(6)13-17-27/h7,10-20,22,30H,1,8-9,21H2,2-6H3,(H,35,37)(H,36,38)/b34-20-. The molecule has 3 rings (SSSR count). The van der Waals surface area contributed by atoms with Crippen LogP contribution >= 0.6 is 0 Å². The molecule has 0 saturated carbocycles. The second kappa shape index (κ2) is 14.7. The molecule has 1 atom stereocenters. The third-order valence-corrected chi connectivity index (χ3v) is 6.26. The number of carbonyl (C=O) groups excluding carboxylic acids is 2. The molecule has 210 valence electrons. The van der Waals surface area contributed by atoms with Crippen LogP contribution in [0.25, 0.3) is 0 Å². The number of aryl methyl sites for hydroxylation is 2. The van der Waals surface area contributed by atoms with Crippen molar-refractivity contribution < 1.29 is 19.1 Å². The lowest BCUT2D eigenvalue weighted by molar-refractivity contribution is -0.123. The van der Waals surface area contributed by atoms with Crippen molar-refractivity contribution in [2.75, 3.05) is 6.61 Å². The molecular weight excluding hydrogens is 502 g/mol. The number of nitrogens with zero attached hydrogens (tertiary/aromatic N) is 1. The van der Waals surface area contributed by atoms with Crippen molar-refractivity contribution in [3.05, 3.63) is 107 Å². The summed E-state index contributed by atoms with van der Waals surface area (Å²) in [5.74, 6) is 0.392. The van der Waals surface area contributed by atoms with E-state index in [0.29, 0.717) is 36.7 Å². The Balaban J connectivity index is 1.74. The summed E-state index contributed by atoms with van der Waals surface area (Å²) >= 11 is 0. The Morgan fingerprint density at radius 2 is 1.62 bits per heavy atom. The minimum atomic E-state index is -0.751. The lowest BCUT2D eigenvalue weighted by Gasteiger charge is -2.20. The number of hydrogen-bond acceptors (Lipinski definition) is 5. The van der Waals surface area contributed by atoms with Crippen LogP contribution < -0.4 is 20.2 Å². The van der Waals surface area contributed by atoms with Crippen molar-refractivity contribution in [1.82, 2.24) is 10.7 Å². The average molecular weight is 542 g/mol. The first-order valence-electron chi connectivity index (χ1n) is 13.5. The zero-order valence-electron chi connectivity index (χ0n) is 24.0. The van der Waals surface area contributed by atoms with Gasteiger partial charge in [0.05, 0.1) is 12.8 Å². The van der Waals surface area contributed by atoms with Gasteiger partial charge in [-0.05, 0) is 68.5 Å². The summed E-state index contributed by atoms with van der Waals surface area (Å²) in [4.78, 5) is 25.6. The van der Waals surface area contributed by atoms with Crippen LogP contribution in [0, 0.1) is 19.8 Å². The van der Waals surface area contributed by atoms with E-state index in [1.165, 1.54) is 5.56 Å². The molecular formula is C33H39N3O4. The quantitative estimate of drug-likeness (QED) is 0.160. The molecule has 0 fully saturated rings. The van der Waals surface area contributed by atoms with Gasteiger partial charge in [-0.3, -0.25) is 9.59 Å². The van der Waals surface area contributed by atoms with E-state index in [9.17, 15) is 9.59 Å². The molecule has 1 unspecified atom stereocenters. The van der Waals surface area contributed by atoms with Gasteiger partial charge in [-0.2, -0.15) is 5.10 Å². The number of hydrazone groups is 1. The highest BCUT2D eigenvalue weighted by molar-refractivity contribution is 5.97. The Morgan fingerprint density at radius 1 is 0.975 bits per heavy atom. The van der Waals surface area contributed by atoms with Gasteiger partial charge in [-0.1, -0.05) is 67.4 Å². The molecule has 0 heterocycles. The molecule has 2 amide bonds. The molecule has 2 N–H and O–H groups in total. The van der Waals surface area contributed by atoms with E-state index in [1.807, 2.05) is 71.0 Å². The minimum Gasteiger partial charge on any atom is -0.490 e. The SMILES string of the molecule is C=CCc1cc(/C=N\NC(=O)C(NC(=O)c2ccc(C)cc2)C(C)C)cc(OCC)c1OCc1ccc(C)cc1. The molecule has 0 aliphatic rings. The predicted molar refractivity (Wildman–Crippen MR) is 160 cm³/mol. The number of amides is 2. The van der Waals surface area contributed by atoms with Gasteiger partial charge in [0.2, 0.25) is 0 Å². The lowest BCUT2D eigenvalue weighted by Crippen LogP contribution is -2.48. The normalized spacial score (nSPS) is 11.8. The van der Waals surface area contributed by atoms with E-state index in [2.05, 4.69) is 34.6 Å². The topological polar surface area (TPSA) is 89.0 Å². The fraction of sp³-hybridized carbons (Fsp3) is 0.303. The highest BCUT2D eigenvalue weighted by Gasteiger charge is 2.24. The third-order valence-electron chi connectivity index (χ3n) is 6.26. The molecule has 0 aliphatic heterocycles. The molecule has 3 aromatic rings. The highest BCUT2D eigenvalue weighted by atomic mass is 16.5. The van der Waals surface area contributed by atoms with E-state index >= 15 is 0 Å². The summed E-state index contributed by atoms with van der Waals surface area (Å²) in [7, 11) is 0. The van der Waals surface area contributed by atoms with E-state index in [-0.39, 0.29) is 11.8 Å². The van der Waals surface area contributed by atoms with Crippen LogP contribution in [0.2, 0.25) is 0 Å². The molecule has 0 bridgehead atoms. The molecule has 40 heavy (non-hydrogen) atoms. The number of ether oxygens (including phenoxy) is 2. The molecule has 3 aromatic carbocycles. The van der Waals surface area contributed by atoms with E-state index < -0.39 is 11.9 Å². The maximum atomic E-state index is 12.9. The Hall–Kier alpha value is -4.39. The van der Waals surface area contributed by atoms with Crippen LogP contribution in [-0.4, -0.2) is 30.7 Å². The zero-order valence-corrected chi connectivity index (χ0v) is 24.0. The summed E-state index contributed by atoms with van der Waals surface area (Å²) in [6.07, 6.45) is 3.92. The summed E-state index contributed by atoms with van der Waals surface area (Å²) in [6.45, 7) is 14.4. The molecule has 7 nitrogen and oxygen atoms in total. The summed E-state index contributed by atoms with van der Waals surface area (Å²) in [5.41, 5.74) is 7.99. The van der Waals surface area contributed by atoms with Crippen LogP contribution in [0.1, 0.15) is 58.9 Å². The Bertz CT molecular complexity index is 1330. The third kappa shape index (κ3) is 8.56. The van der Waals surface area contributed by atoms with Crippen molar-refractivity contribution in [3.8, 4) is 11.5 Å². The summed E-state index contributed by atoms with van der Waals surface area (Å²) < 4.78 is 12.1. The van der Waals surface area contributed by atoms with Crippen molar-refractivity contribution in [2.45, 2.75) is 53.7 Å². The van der Waals surface area contributed by atoms with Crippen LogP contribution in [0.5, 0.6) is 11.5 Å². The first-order chi connectivity index (χ1) is 19.2. The average Bonchev–Trinajstić information content (AvgIpc) is 2.92. The number of benzene rings is 3. The van der Waals surface area contributed by atoms with Gasteiger partial charge in [-0.25, -0.2) is 5.43 Å². The summed E-state index contributed by atoms with van der Waals surface area (Å²) in [5, 5.41) is 6.99. The number of rotatable bonds is 13. The second-order valence-electron chi connectivity index (χ2n) is 10.0. The molecule has 0 spiro atoms. The maximum Gasteiger partial charge on any atom is 0.262 e. The Morgan fingerprint density at radius 3 is 2.23 bits per heavy atom. The Labute approximate surface area is 237 Å². The van der Waals surface area contributed by atoms with Gasteiger partial charge in [0.15, 0.2) is 11.5 Å². The smallest absolute Gasteiger partial charge is 0.262 e. The van der Waals surface area contributed by atoms with Gasteiger partial charge in [0.1, 0.15) is 12.6 Å².